The van der Waals surface area contributed by atoms with Crippen molar-refractivity contribution in [2.45, 2.75) is 144 Å². The Hall–Kier alpha value is -3.32. The van der Waals surface area contributed by atoms with Gasteiger partial charge >= 0.3 is 146 Å². The number of hydrogen-bond acceptors (Lipinski definition) is 52. The number of anilines is 2. The molecule has 0 amide bonds. The van der Waals surface area contributed by atoms with E-state index < -0.39 is 293 Å². The second-order valence-corrected chi connectivity index (χ2v) is 40.1. The average molecular weight is 2070 g/mol. The first kappa shape index (κ1) is 105. The van der Waals surface area contributed by atoms with Crippen LogP contribution < -0.4 is 10.6 Å². The van der Waals surface area contributed by atoms with Crippen LogP contribution in [0, 0.1) is 0 Å². The van der Waals surface area contributed by atoms with E-state index in [1.165, 1.54) is 24.3 Å². The van der Waals surface area contributed by atoms with Gasteiger partial charge in [0.05, 0.1) is 26.4 Å². The molecule has 4 saturated heterocycles. The molecule has 0 aromatic heterocycles. The van der Waals surface area contributed by atoms with Crippen LogP contribution in [-0.4, -0.2) is 342 Å². The van der Waals surface area contributed by atoms with E-state index in [2.05, 4.69) is 69.2 Å². The van der Waals surface area contributed by atoms with Crippen molar-refractivity contribution in [1.82, 2.24) is 0 Å². The number of hydrogen-bond donors (Lipinski definition) is 16. The number of rotatable bonds is 47. The van der Waals surface area contributed by atoms with E-state index in [0.717, 1.165) is 24.3 Å². The van der Waals surface area contributed by atoms with Crippen molar-refractivity contribution >= 4 is 180 Å². The van der Waals surface area contributed by atoms with Crippen molar-refractivity contribution < 1.29 is 269 Å². The van der Waals surface area contributed by atoms with E-state index in [1.807, 2.05) is 0 Å². The summed E-state index contributed by atoms with van der Waals surface area (Å²) in [6.45, 7) is -7.30. The maximum absolute atomic E-state index is 12.6. The zero-order chi connectivity index (χ0) is 91.1. The topological polar surface area (TPSA) is 970 Å². The Kier molecular flexibility index (Phi) is 36.0. The molecule has 0 bridgehead atoms. The summed E-state index contributed by atoms with van der Waals surface area (Å²) in [6, 6.07) is 9.72. The molecule has 2 aromatic rings. The minimum atomic E-state index is -6.27. The summed E-state index contributed by atoms with van der Waals surface area (Å²) in [5, 5.41) is 5.92. The highest BCUT2D eigenvalue weighted by atomic mass is 32.3. The van der Waals surface area contributed by atoms with Crippen molar-refractivity contribution in [3.8, 4) is 0 Å². The summed E-state index contributed by atoms with van der Waals surface area (Å²) in [5.41, 5.74) is -4.23. The normalized spacial score (nSPS) is 29.1. The third-order valence-electron chi connectivity index (χ3n) is 14.3. The molecule has 6 rings (SSSR count). The molecule has 4 aliphatic heterocycles. The molecular weight excluding hydrogens is 2010 g/mol. The first-order valence-electron chi connectivity index (χ1n) is 30.1. The van der Waals surface area contributed by atoms with Gasteiger partial charge in [-0.2, -0.15) is 118 Å². The van der Waals surface area contributed by atoms with Gasteiger partial charge in [0.25, 0.3) is 0 Å². The highest BCUT2D eigenvalue weighted by Crippen LogP contribution is 2.44. The molecule has 2 aromatic carbocycles. The van der Waals surface area contributed by atoms with Crippen LogP contribution >= 0.6 is 23.5 Å². The quantitative estimate of drug-likeness (QED) is 0.0216. The second kappa shape index (κ2) is 41.0. The van der Waals surface area contributed by atoms with Crippen molar-refractivity contribution in [3.05, 3.63) is 48.5 Å². The minimum Gasteiger partial charge on any atom is -0.385 e. The van der Waals surface area contributed by atoms with Gasteiger partial charge in [0, 0.05) is 34.3 Å². The summed E-state index contributed by atoms with van der Waals surface area (Å²) in [4.78, 5) is -0.294. The van der Waals surface area contributed by atoms with Gasteiger partial charge in [-0.15, -0.1) is 0 Å². The smallest absolute Gasteiger partial charge is 0.385 e. The number of unbranched alkanes of at least 4 members (excludes halogenated alkanes) is 1. The fourth-order valence-electron chi connectivity index (χ4n) is 10.5. The van der Waals surface area contributed by atoms with Gasteiger partial charge in [-0.3, -0.25) is 63.7 Å². The SMILES string of the molecule is O=S(=O)(O)OC[C@H]1O[C@@H](Sc2ccc(NCCCCNc3ccc(S[C@@H]4O[C@H](COS(=O)(=O)O)[C@@H](O[C@@H]5O[C@H](COS(=O)(=O)O)[C@@H](OS(=O)(=O)O)[C@H](OS(=O)(=O)O)[C@H]5OS(=O)(=O)O)[C@H](OS(=O)(=O)O)[C@H]4OS(=O)(=O)O)cc3)cc2)[C@H](OS(=O)(=O)O)[C@@H](OS(=O)(=O)O)[C@@H]1O[C@@H]1O[C@H](COS(=O)(=O)O)[C@@H](OS(=O)(=O)O)[C@H](OS(=O)(=O)O)[C@H]1OS(=O)(=O)O. The largest absolute Gasteiger partial charge is 0.397 e. The molecule has 4 fully saturated rings. The molecule has 4 aliphatic rings. The maximum atomic E-state index is 12.6. The molecule has 0 spiro atoms. The van der Waals surface area contributed by atoms with E-state index in [4.69, 9.17) is 28.4 Å². The molecule has 0 saturated carbocycles. The monoisotopic (exact) mass is 2070 g/mol. The second-order valence-electron chi connectivity index (χ2n) is 23.0. The van der Waals surface area contributed by atoms with Gasteiger partial charge in [0.1, 0.15) is 96.3 Å². The lowest BCUT2D eigenvalue weighted by molar-refractivity contribution is -0.325. The predicted molar refractivity (Wildman–Crippen MR) is 369 cm³/mol. The van der Waals surface area contributed by atoms with E-state index in [-0.39, 0.29) is 70.6 Å². The third-order valence-corrected chi connectivity index (χ3v) is 23.0. The fourth-order valence-corrected chi connectivity index (χ4v) is 19.0. The summed E-state index contributed by atoms with van der Waals surface area (Å²) >= 11 is 0.414. The van der Waals surface area contributed by atoms with Crippen molar-refractivity contribution in [1.29, 1.82) is 0 Å². The Morgan fingerprint density at radius 1 is 0.250 bits per heavy atom. The molecule has 0 aliphatic carbocycles. The lowest BCUT2D eigenvalue weighted by Crippen LogP contribution is -2.66. The van der Waals surface area contributed by atoms with E-state index in [0.29, 0.717) is 0 Å². The number of ether oxygens (including phenoxy) is 6. The van der Waals surface area contributed by atoms with Crippen LogP contribution in [0.15, 0.2) is 58.3 Å². The Bertz CT molecular complexity index is 5230. The van der Waals surface area contributed by atoms with Gasteiger partial charge < -0.3 is 39.1 Å². The number of benzene rings is 2. The van der Waals surface area contributed by atoms with Crippen molar-refractivity contribution in [2.24, 2.45) is 0 Å². The maximum Gasteiger partial charge on any atom is 0.397 e. The highest BCUT2D eigenvalue weighted by Gasteiger charge is 2.62. The molecule has 698 valence electrons. The highest BCUT2D eigenvalue weighted by molar-refractivity contribution is 8.00. The van der Waals surface area contributed by atoms with Gasteiger partial charge in [0.15, 0.2) is 24.8 Å². The molecule has 4 heterocycles. The average Bonchev–Trinajstić information content (AvgIpc) is 0.757. The summed E-state index contributed by atoms with van der Waals surface area (Å²) < 4.78 is 569. The van der Waals surface area contributed by atoms with E-state index in [9.17, 15) is 182 Å². The summed E-state index contributed by atoms with van der Waals surface area (Å²) in [5.74, 6) is 0. The van der Waals surface area contributed by atoms with Crippen LogP contribution in [0.3, 0.4) is 0 Å². The van der Waals surface area contributed by atoms with Crippen LogP contribution in [0.25, 0.3) is 0 Å². The number of nitrogens with one attached hydrogen (secondary N) is 2. The number of thioether (sulfide) groups is 2. The van der Waals surface area contributed by atoms with Crippen LogP contribution in [0.5, 0.6) is 0 Å². The van der Waals surface area contributed by atoms with E-state index >= 15 is 0 Å². The van der Waals surface area contributed by atoms with Gasteiger partial charge in [0.2, 0.25) is 0 Å². The van der Waals surface area contributed by atoms with Crippen molar-refractivity contribution in [3.63, 3.8) is 0 Å². The molecule has 80 heteroatoms. The summed E-state index contributed by atoms with van der Waals surface area (Å²) in [6.07, 6.45) is -55.3. The van der Waals surface area contributed by atoms with Gasteiger partial charge in [-0.1, -0.05) is 23.5 Å². The van der Waals surface area contributed by atoms with Crippen LogP contribution in [0.4, 0.5) is 11.4 Å². The van der Waals surface area contributed by atoms with Crippen LogP contribution in [0.2, 0.25) is 0 Å². The molecule has 64 nitrogen and oxygen atoms in total. The standard InChI is InChI=1S/C40H60N2O62S16/c43-107(44,45)85-13-21-25(93-37-33(101-117(73,74)75)31(99-115(67,68)69)27(95-111(55,56)57)23(89-37)15-87-109(49,50)51)29(97-113(61,62)63)35(103-119(79,80)81)39(91-21)105-19-7-3-17(4-8-19)41-11-1-2-12-42-18-5-9-20(10-6-18)106-40-36(104-120(82,83)84)30(98-114(64,65)66)26(22(92-40)14-86-108(46,47)48)94-38-34(102-118(76,77)78)32(100-116(70,71)72)28(96-112(58,59)60)24(90-38)16-88-110(52,53)54/h3-10,21-42H,1-2,11-16H2,(H,43,44,45)(H,46,47,48)(H,49,50,51)(H,52,53,54)(H,55,56,57)(H,58,59,60)(H,61,62,63)(H,64,65,66)(H,67,68,69)(H,70,71,72)(H,73,74,75)(H,76,77,78)(H,79,80,81)(H,82,83,84)/t21-,22-,23-,24-,25-,26-,27-,28-,29+,30+,31+,32+,33-,34-,35-,36-,37+,38+,39+,40+/m1/s1. The first-order chi connectivity index (χ1) is 54.1. The van der Waals surface area contributed by atoms with Crippen molar-refractivity contribution in [2.75, 3.05) is 50.2 Å². The predicted octanol–water partition coefficient (Wildman–Crippen LogP) is -7.00. The van der Waals surface area contributed by atoms with Crippen LogP contribution in [0.1, 0.15) is 12.8 Å². The van der Waals surface area contributed by atoms with E-state index in [1.54, 1.807) is 0 Å². The Balaban J connectivity index is 1.23. The Labute approximate surface area is 686 Å². The first-order valence-corrected chi connectivity index (χ1v) is 51.0. The summed E-state index contributed by atoms with van der Waals surface area (Å²) in [7, 11) is -84.9. The zero-order valence-electron chi connectivity index (χ0n) is 57.2. The fraction of sp³-hybridized carbons (Fsp3) is 0.700. The molecule has 0 radical (unpaired) electrons. The zero-order valence-corrected chi connectivity index (χ0v) is 70.3. The Morgan fingerprint density at radius 3 is 0.675 bits per heavy atom. The van der Waals surface area contributed by atoms with Gasteiger partial charge in [-0.05, 0) is 61.4 Å². The lowest BCUT2D eigenvalue weighted by atomic mass is 9.97. The third kappa shape index (κ3) is 38.7. The molecule has 120 heavy (non-hydrogen) atoms. The minimum absolute atomic E-state index is 0.0878. The Morgan fingerprint density at radius 2 is 0.450 bits per heavy atom. The van der Waals surface area contributed by atoms with Crippen LogP contribution in [-0.2, 0) is 233 Å². The lowest BCUT2D eigenvalue weighted by Gasteiger charge is -2.48. The molecule has 16 N–H and O–H groups in total. The molecule has 20 atom stereocenters. The molecular formula is C40H60N2O62S16. The van der Waals surface area contributed by atoms with Gasteiger partial charge in [-0.25, -0.2) is 58.6 Å². The molecule has 0 unspecified atom stereocenters.